The maximum absolute atomic E-state index is 12.3. The van der Waals surface area contributed by atoms with E-state index >= 15 is 0 Å². The van der Waals surface area contributed by atoms with Gasteiger partial charge in [0.15, 0.2) is 14.7 Å². The van der Waals surface area contributed by atoms with Crippen molar-refractivity contribution < 1.29 is 19.1 Å². The summed E-state index contributed by atoms with van der Waals surface area (Å²) in [7, 11) is -0.388. The Morgan fingerprint density at radius 2 is 0.857 bits per heavy atom. The van der Waals surface area contributed by atoms with Crippen molar-refractivity contribution in [2.75, 3.05) is 0 Å². The Bertz CT molecular complexity index is 1160. The van der Waals surface area contributed by atoms with Gasteiger partial charge in [-0.1, -0.05) is 29.3 Å². The zero-order valence-corrected chi connectivity index (χ0v) is 21.9. The first-order chi connectivity index (χ1) is 16.7. The van der Waals surface area contributed by atoms with Gasteiger partial charge in [0.1, 0.15) is 11.5 Å². The molecular weight excluding hydrogens is 456 g/mol. The van der Waals surface area contributed by atoms with Crippen LogP contribution in [-0.2, 0) is 20.5 Å². The Morgan fingerprint density at radius 3 is 1.20 bits per heavy atom. The molecule has 0 aliphatic rings. The van der Waals surface area contributed by atoms with Crippen LogP contribution in [0.3, 0.4) is 0 Å². The molecule has 0 spiro atoms. The summed E-state index contributed by atoms with van der Waals surface area (Å²) in [6.07, 6.45) is 0. The number of rotatable bonds is 7. The molecule has 0 amide bonds. The lowest BCUT2D eigenvalue weighted by atomic mass is 10.2. The summed E-state index contributed by atoms with van der Waals surface area (Å²) < 4.78 is 11.1. The van der Waals surface area contributed by atoms with E-state index in [0.29, 0.717) is 22.6 Å². The summed E-state index contributed by atoms with van der Waals surface area (Å²) in [5.74, 6) is 0.335. The third-order valence-electron chi connectivity index (χ3n) is 5.63. The second-order valence-corrected chi connectivity index (χ2v) is 10.6. The summed E-state index contributed by atoms with van der Waals surface area (Å²) in [4.78, 5) is 27.9. The molecule has 0 atom stereocenters. The zero-order valence-electron chi connectivity index (χ0n) is 21.0. The van der Waals surface area contributed by atoms with Crippen molar-refractivity contribution in [2.24, 2.45) is 0 Å². The number of hydrogen-bond donors (Lipinski definition) is 0. The van der Waals surface area contributed by atoms with Crippen molar-refractivity contribution in [1.82, 2.24) is 0 Å². The SMILES string of the molecule is CC(C)=C(C)C(=O)Oc1ccc([S+](c2ccccc2)c2ccc(OC(=O)C(C)=C(C)C)cc2)cc1. The van der Waals surface area contributed by atoms with Gasteiger partial charge in [0, 0.05) is 11.1 Å². The topological polar surface area (TPSA) is 52.6 Å². The largest absolute Gasteiger partial charge is 0.423 e. The van der Waals surface area contributed by atoms with E-state index in [-0.39, 0.29) is 22.8 Å². The van der Waals surface area contributed by atoms with Gasteiger partial charge in [-0.15, -0.1) is 0 Å². The van der Waals surface area contributed by atoms with Crippen molar-refractivity contribution in [3.63, 3.8) is 0 Å². The van der Waals surface area contributed by atoms with E-state index in [2.05, 4.69) is 12.1 Å². The van der Waals surface area contributed by atoms with Crippen LogP contribution in [0.5, 0.6) is 11.5 Å². The van der Waals surface area contributed by atoms with E-state index in [9.17, 15) is 9.59 Å². The molecular formula is C30H31O4S+. The van der Waals surface area contributed by atoms with E-state index in [1.165, 1.54) is 0 Å². The molecule has 0 radical (unpaired) electrons. The predicted octanol–water partition coefficient (Wildman–Crippen LogP) is 7.31. The maximum Gasteiger partial charge on any atom is 0.339 e. The van der Waals surface area contributed by atoms with Crippen molar-refractivity contribution in [2.45, 2.75) is 56.2 Å². The van der Waals surface area contributed by atoms with Gasteiger partial charge in [0.2, 0.25) is 0 Å². The standard InChI is InChI=1S/C30H31O4S/c1-20(2)22(5)29(31)33-24-12-16-27(17-13-24)35(26-10-8-7-9-11-26)28-18-14-25(15-19-28)34-30(32)23(6)21(3)4/h7-19H,1-6H3/q+1. The molecule has 3 aromatic carbocycles. The lowest BCUT2D eigenvalue weighted by Gasteiger charge is -2.10. The van der Waals surface area contributed by atoms with Crippen LogP contribution in [0.1, 0.15) is 41.5 Å². The number of benzene rings is 3. The van der Waals surface area contributed by atoms with Crippen molar-refractivity contribution in [3.8, 4) is 11.5 Å². The Kier molecular flexibility index (Phi) is 8.72. The smallest absolute Gasteiger partial charge is 0.339 e. The Labute approximate surface area is 210 Å². The van der Waals surface area contributed by atoms with Gasteiger partial charge in [0.05, 0.1) is 10.9 Å². The van der Waals surface area contributed by atoms with Crippen molar-refractivity contribution >= 4 is 22.8 Å². The first-order valence-corrected chi connectivity index (χ1v) is 12.6. The van der Waals surface area contributed by atoms with Crippen molar-refractivity contribution in [1.29, 1.82) is 0 Å². The van der Waals surface area contributed by atoms with Gasteiger partial charge in [-0.2, -0.15) is 0 Å². The minimum atomic E-state index is -0.388. The van der Waals surface area contributed by atoms with Crippen LogP contribution in [0, 0.1) is 0 Å². The van der Waals surface area contributed by atoms with E-state index in [4.69, 9.17) is 9.47 Å². The van der Waals surface area contributed by atoms with Crippen molar-refractivity contribution in [3.05, 3.63) is 101 Å². The average Bonchev–Trinajstić information content (AvgIpc) is 2.85. The van der Waals surface area contributed by atoms with Gasteiger partial charge in [-0.3, -0.25) is 0 Å². The Morgan fingerprint density at radius 1 is 0.514 bits per heavy atom. The summed E-state index contributed by atoms with van der Waals surface area (Å²) >= 11 is 0. The lowest BCUT2D eigenvalue weighted by Crippen LogP contribution is -2.11. The first kappa shape index (κ1) is 26.0. The molecule has 4 nitrogen and oxygen atoms in total. The molecule has 180 valence electrons. The van der Waals surface area contributed by atoms with Crippen LogP contribution in [0.4, 0.5) is 0 Å². The van der Waals surface area contributed by atoms with Gasteiger partial charge in [-0.05, 0) is 102 Å². The van der Waals surface area contributed by atoms with E-state index < -0.39 is 0 Å². The number of carbonyl (C=O) groups is 2. The van der Waals surface area contributed by atoms with Gasteiger partial charge in [-0.25, -0.2) is 9.59 Å². The molecule has 0 unspecified atom stereocenters. The van der Waals surface area contributed by atoms with Gasteiger partial charge < -0.3 is 9.47 Å². The Hall–Kier alpha value is -3.57. The third-order valence-corrected chi connectivity index (χ3v) is 7.86. The van der Waals surface area contributed by atoms with E-state index in [1.54, 1.807) is 13.8 Å². The van der Waals surface area contributed by atoms with Crippen LogP contribution >= 0.6 is 0 Å². The molecule has 0 saturated heterocycles. The number of hydrogen-bond acceptors (Lipinski definition) is 4. The fourth-order valence-corrected chi connectivity index (χ4v) is 5.09. The average molecular weight is 488 g/mol. The minimum Gasteiger partial charge on any atom is -0.423 e. The molecule has 5 heteroatoms. The second-order valence-electron chi connectivity index (χ2n) is 8.59. The highest BCUT2D eigenvalue weighted by atomic mass is 32.2. The quantitative estimate of drug-likeness (QED) is 0.152. The summed E-state index contributed by atoms with van der Waals surface area (Å²) in [6, 6.07) is 25.5. The van der Waals surface area contributed by atoms with E-state index in [1.807, 2.05) is 94.4 Å². The number of carbonyl (C=O) groups excluding carboxylic acids is 2. The normalized spacial score (nSPS) is 10.5. The van der Waals surface area contributed by atoms with Crippen LogP contribution in [0.15, 0.2) is 116 Å². The summed E-state index contributed by atoms with van der Waals surface area (Å²) in [6.45, 7) is 11.1. The highest BCUT2D eigenvalue weighted by molar-refractivity contribution is 7.97. The fraction of sp³-hybridized carbons (Fsp3) is 0.200. The molecule has 3 rings (SSSR count). The van der Waals surface area contributed by atoms with Crippen LogP contribution < -0.4 is 9.47 Å². The second kappa shape index (κ2) is 11.7. The molecule has 0 fully saturated rings. The fourth-order valence-electron chi connectivity index (χ4n) is 3.03. The highest BCUT2D eigenvalue weighted by Gasteiger charge is 2.29. The van der Waals surface area contributed by atoms with Gasteiger partial charge >= 0.3 is 11.9 Å². The molecule has 0 heterocycles. The third kappa shape index (κ3) is 6.74. The molecule has 0 aromatic heterocycles. The molecule has 0 aliphatic heterocycles. The number of esters is 2. The summed E-state index contributed by atoms with van der Waals surface area (Å²) in [5, 5.41) is 0. The summed E-state index contributed by atoms with van der Waals surface area (Å²) in [5.41, 5.74) is 3.09. The molecule has 0 saturated carbocycles. The van der Waals surface area contributed by atoms with Crippen LogP contribution in [-0.4, -0.2) is 11.9 Å². The van der Waals surface area contributed by atoms with Gasteiger partial charge in [0.25, 0.3) is 0 Å². The predicted molar refractivity (Wildman–Crippen MR) is 141 cm³/mol. The number of ether oxygens (including phenoxy) is 2. The monoisotopic (exact) mass is 487 g/mol. The minimum absolute atomic E-state index is 0.340. The first-order valence-electron chi connectivity index (χ1n) is 11.4. The van der Waals surface area contributed by atoms with Crippen LogP contribution in [0.25, 0.3) is 0 Å². The van der Waals surface area contributed by atoms with Crippen LogP contribution in [0.2, 0.25) is 0 Å². The molecule has 0 N–H and O–H groups in total. The van der Waals surface area contributed by atoms with E-state index in [0.717, 1.165) is 25.8 Å². The molecule has 0 aliphatic carbocycles. The maximum atomic E-state index is 12.3. The highest BCUT2D eigenvalue weighted by Crippen LogP contribution is 2.33. The molecule has 0 bridgehead atoms. The molecule has 35 heavy (non-hydrogen) atoms. The lowest BCUT2D eigenvalue weighted by molar-refractivity contribution is -0.131. The zero-order chi connectivity index (χ0) is 25.5. The number of allylic oxidation sites excluding steroid dienone is 2. The molecule has 3 aromatic rings. The Balaban J connectivity index is 1.88.